The van der Waals surface area contributed by atoms with Gasteiger partial charge in [0.2, 0.25) is 11.8 Å². The third-order valence-electron chi connectivity index (χ3n) is 2.02. The van der Waals surface area contributed by atoms with Crippen LogP contribution in [0, 0.1) is 0 Å². The van der Waals surface area contributed by atoms with E-state index in [2.05, 4.69) is 53.7 Å². The molecule has 0 aliphatic rings. The molecule has 0 saturated carbocycles. The van der Waals surface area contributed by atoms with Crippen molar-refractivity contribution in [2.75, 3.05) is 30.4 Å². The lowest BCUT2D eigenvalue weighted by Crippen LogP contribution is -2.28. The Bertz CT molecular complexity index is 330. The summed E-state index contributed by atoms with van der Waals surface area (Å²) in [7, 11) is 1.60. The largest absolute Gasteiger partial charge is 0.480 e. The molecule has 0 N–H and O–H groups in total. The number of alkyl halides is 1. The highest BCUT2D eigenvalue weighted by Gasteiger charge is 2.11. The molecule has 0 aromatic carbocycles. The van der Waals surface area contributed by atoms with E-state index in [1.54, 1.807) is 13.3 Å². The van der Waals surface area contributed by atoms with Crippen LogP contribution >= 0.6 is 31.9 Å². The SMILES string of the molecule is CCCN(CCBr)c1ncc(Br)c(OC)n1. The summed E-state index contributed by atoms with van der Waals surface area (Å²) >= 11 is 6.77. The number of halogens is 2. The predicted molar refractivity (Wildman–Crippen MR) is 72.6 cm³/mol. The first-order chi connectivity index (χ1) is 7.72. The van der Waals surface area contributed by atoms with Crippen molar-refractivity contribution in [3.05, 3.63) is 10.7 Å². The van der Waals surface area contributed by atoms with Gasteiger partial charge in [-0.1, -0.05) is 22.9 Å². The lowest BCUT2D eigenvalue weighted by molar-refractivity contribution is 0.393. The van der Waals surface area contributed by atoms with Crippen molar-refractivity contribution in [2.24, 2.45) is 0 Å². The van der Waals surface area contributed by atoms with Gasteiger partial charge < -0.3 is 9.64 Å². The van der Waals surface area contributed by atoms with Gasteiger partial charge in [-0.2, -0.15) is 4.98 Å². The first kappa shape index (κ1) is 13.7. The van der Waals surface area contributed by atoms with E-state index in [0.29, 0.717) is 11.8 Å². The van der Waals surface area contributed by atoms with Crippen LogP contribution in [0.3, 0.4) is 0 Å². The molecule has 0 atom stereocenters. The summed E-state index contributed by atoms with van der Waals surface area (Å²) in [4.78, 5) is 10.8. The molecule has 0 fully saturated rings. The zero-order chi connectivity index (χ0) is 12.0. The molecule has 90 valence electrons. The molecule has 1 aromatic heterocycles. The number of rotatable bonds is 6. The highest BCUT2D eigenvalue weighted by molar-refractivity contribution is 9.10. The van der Waals surface area contributed by atoms with E-state index in [4.69, 9.17) is 4.74 Å². The summed E-state index contributed by atoms with van der Waals surface area (Å²) in [6.45, 7) is 3.96. The van der Waals surface area contributed by atoms with E-state index in [-0.39, 0.29) is 0 Å². The second-order valence-corrected chi connectivity index (χ2v) is 4.85. The second-order valence-electron chi connectivity index (χ2n) is 3.20. The monoisotopic (exact) mass is 351 g/mol. The van der Waals surface area contributed by atoms with Crippen LogP contribution in [0.4, 0.5) is 5.95 Å². The Hall–Kier alpha value is -0.360. The fourth-order valence-electron chi connectivity index (χ4n) is 1.32. The van der Waals surface area contributed by atoms with Gasteiger partial charge in [0, 0.05) is 18.4 Å². The van der Waals surface area contributed by atoms with Crippen molar-refractivity contribution in [1.29, 1.82) is 0 Å². The van der Waals surface area contributed by atoms with Crippen LogP contribution < -0.4 is 9.64 Å². The van der Waals surface area contributed by atoms with E-state index in [0.717, 1.165) is 29.3 Å². The first-order valence-electron chi connectivity index (χ1n) is 5.10. The molecule has 0 saturated heterocycles. The number of aromatic nitrogens is 2. The number of hydrogen-bond acceptors (Lipinski definition) is 4. The molecular weight excluding hydrogens is 338 g/mol. The summed E-state index contributed by atoms with van der Waals surface area (Å²) < 4.78 is 5.93. The zero-order valence-electron chi connectivity index (χ0n) is 9.41. The smallest absolute Gasteiger partial charge is 0.232 e. The third kappa shape index (κ3) is 3.59. The molecule has 1 aromatic rings. The average molecular weight is 353 g/mol. The van der Waals surface area contributed by atoms with Crippen LogP contribution in [0.25, 0.3) is 0 Å². The van der Waals surface area contributed by atoms with Crippen LogP contribution in [-0.2, 0) is 0 Å². The van der Waals surface area contributed by atoms with Gasteiger partial charge in [0.1, 0.15) is 0 Å². The van der Waals surface area contributed by atoms with Crippen LogP contribution in [0.1, 0.15) is 13.3 Å². The maximum Gasteiger partial charge on any atom is 0.232 e. The van der Waals surface area contributed by atoms with Crippen LogP contribution in [0.2, 0.25) is 0 Å². The van der Waals surface area contributed by atoms with Gasteiger partial charge in [0.25, 0.3) is 0 Å². The lowest BCUT2D eigenvalue weighted by Gasteiger charge is -2.21. The topological polar surface area (TPSA) is 38.2 Å². The summed E-state index contributed by atoms with van der Waals surface area (Å²) in [5, 5.41) is 0.898. The summed E-state index contributed by atoms with van der Waals surface area (Å²) in [6.07, 6.45) is 2.78. The second kappa shape index (κ2) is 7.06. The normalized spacial score (nSPS) is 10.2. The molecule has 0 unspecified atom stereocenters. The van der Waals surface area contributed by atoms with Gasteiger partial charge in [-0.15, -0.1) is 0 Å². The minimum absolute atomic E-state index is 0.570. The summed E-state index contributed by atoms with van der Waals surface area (Å²) in [6, 6.07) is 0. The number of ether oxygens (including phenoxy) is 1. The molecule has 0 aliphatic heterocycles. The van der Waals surface area contributed by atoms with Crippen molar-refractivity contribution >= 4 is 37.8 Å². The van der Waals surface area contributed by atoms with Crippen molar-refractivity contribution in [3.8, 4) is 5.88 Å². The zero-order valence-corrected chi connectivity index (χ0v) is 12.6. The molecule has 1 heterocycles. The van der Waals surface area contributed by atoms with Crippen molar-refractivity contribution < 1.29 is 4.74 Å². The van der Waals surface area contributed by atoms with Crippen molar-refractivity contribution in [1.82, 2.24) is 9.97 Å². The molecule has 0 spiro atoms. The van der Waals surface area contributed by atoms with Crippen molar-refractivity contribution in [2.45, 2.75) is 13.3 Å². The fourth-order valence-corrected chi connectivity index (χ4v) is 2.10. The minimum Gasteiger partial charge on any atom is -0.480 e. The van der Waals surface area contributed by atoms with E-state index < -0.39 is 0 Å². The number of anilines is 1. The van der Waals surface area contributed by atoms with E-state index >= 15 is 0 Å². The minimum atomic E-state index is 0.570. The third-order valence-corrected chi connectivity index (χ3v) is 2.92. The summed E-state index contributed by atoms with van der Waals surface area (Å²) in [5.74, 6) is 1.28. The Balaban J connectivity index is 2.90. The number of methoxy groups -OCH3 is 1. The van der Waals surface area contributed by atoms with Crippen LogP contribution in [-0.4, -0.2) is 35.5 Å². The Morgan fingerprint density at radius 2 is 2.19 bits per heavy atom. The first-order valence-corrected chi connectivity index (χ1v) is 7.01. The maximum absolute atomic E-state index is 5.16. The van der Waals surface area contributed by atoms with Gasteiger partial charge in [-0.25, -0.2) is 4.98 Å². The van der Waals surface area contributed by atoms with Crippen LogP contribution in [0.15, 0.2) is 10.7 Å². The molecule has 0 aliphatic carbocycles. The lowest BCUT2D eigenvalue weighted by atomic mass is 10.4. The van der Waals surface area contributed by atoms with Gasteiger partial charge in [0.05, 0.1) is 17.8 Å². The Labute approximate surface area is 113 Å². The van der Waals surface area contributed by atoms with E-state index in [9.17, 15) is 0 Å². The van der Waals surface area contributed by atoms with Crippen molar-refractivity contribution in [3.63, 3.8) is 0 Å². The number of hydrogen-bond donors (Lipinski definition) is 0. The maximum atomic E-state index is 5.16. The quantitative estimate of drug-likeness (QED) is 0.738. The van der Waals surface area contributed by atoms with Gasteiger partial charge >= 0.3 is 0 Å². The molecule has 0 amide bonds. The predicted octanol–water partition coefficient (Wildman–Crippen LogP) is 2.86. The van der Waals surface area contributed by atoms with E-state index in [1.165, 1.54) is 0 Å². The molecule has 6 heteroatoms. The molecular formula is C10H15Br2N3O. The summed E-state index contributed by atoms with van der Waals surface area (Å²) in [5.41, 5.74) is 0. The average Bonchev–Trinajstić information content (AvgIpc) is 2.29. The Kier molecular flexibility index (Phi) is 6.05. The Morgan fingerprint density at radius 1 is 1.44 bits per heavy atom. The molecule has 0 radical (unpaired) electrons. The molecule has 4 nitrogen and oxygen atoms in total. The van der Waals surface area contributed by atoms with Gasteiger partial charge in [0.15, 0.2) is 0 Å². The van der Waals surface area contributed by atoms with Crippen LogP contribution in [0.5, 0.6) is 5.88 Å². The molecule has 1 rings (SSSR count). The fraction of sp³-hybridized carbons (Fsp3) is 0.600. The standard InChI is InChI=1S/C10H15Br2N3O/c1-3-5-15(6-4-11)10-13-7-8(12)9(14-10)16-2/h7H,3-6H2,1-2H3. The molecule has 16 heavy (non-hydrogen) atoms. The van der Waals surface area contributed by atoms with E-state index in [1.807, 2.05) is 0 Å². The van der Waals surface area contributed by atoms with Gasteiger partial charge in [-0.05, 0) is 22.4 Å². The Morgan fingerprint density at radius 3 is 2.75 bits per heavy atom. The van der Waals surface area contributed by atoms with Gasteiger partial charge in [-0.3, -0.25) is 0 Å². The highest BCUT2D eigenvalue weighted by atomic mass is 79.9. The highest BCUT2D eigenvalue weighted by Crippen LogP contribution is 2.23. The number of nitrogens with zero attached hydrogens (tertiary/aromatic N) is 3. The molecule has 0 bridgehead atoms.